The Balaban J connectivity index is 0.00000128. The van der Waals surface area contributed by atoms with Gasteiger partial charge >= 0.3 is 0 Å². The number of aromatic nitrogens is 2. The van der Waals surface area contributed by atoms with E-state index in [1.54, 1.807) is 24.7 Å². The predicted molar refractivity (Wildman–Crippen MR) is 65.9 cm³/mol. The average Bonchev–Trinajstić information content (AvgIpc) is 2.71. The van der Waals surface area contributed by atoms with Gasteiger partial charge in [-0.15, -0.1) is 12.4 Å². The van der Waals surface area contributed by atoms with Gasteiger partial charge in [0.25, 0.3) is 0 Å². The number of benzene rings is 1. The molecule has 0 aliphatic heterocycles. The van der Waals surface area contributed by atoms with E-state index in [1.165, 1.54) is 0 Å². The van der Waals surface area contributed by atoms with Gasteiger partial charge in [-0.05, 0) is 17.7 Å². The monoisotopic (exact) mass is 258 g/mol. The summed E-state index contributed by atoms with van der Waals surface area (Å²) < 4.78 is 1.83. The van der Waals surface area contributed by atoms with E-state index < -0.39 is 6.10 Å². The molecule has 1 atom stereocenters. The molecule has 0 fully saturated rings. The predicted octanol–water partition coefficient (Wildman–Crippen LogP) is 2.69. The molecule has 1 heterocycles. The molecule has 0 amide bonds. The minimum atomic E-state index is -0.531. The Morgan fingerprint density at radius 3 is 2.56 bits per heavy atom. The van der Waals surface area contributed by atoms with Crippen LogP contribution >= 0.6 is 24.0 Å². The summed E-state index contributed by atoms with van der Waals surface area (Å²) in [7, 11) is 0. The van der Waals surface area contributed by atoms with Gasteiger partial charge in [0.2, 0.25) is 0 Å². The van der Waals surface area contributed by atoms with Crippen molar-refractivity contribution in [2.45, 2.75) is 12.6 Å². The lowest BCUT2D eigenvalue weighted by atomic mass is 10.1. The fraction of sp³-hybridized carbons (Fsp3) is 0.182. The van der Waals surface area contributed by atoms with Gasteiger partial charge < -0.3 is 9.67 Å². The van der Waals surface area contributed by atoms with E-state index in [2.05, 4.69) is 4.98 Å². The van der Waals surface area contributed by atoms with Crippen LogP contribution in [0, 0.1) is 0 Å². The third-order valence-corrected chi connectivity index (χ3v) is 2.45. The summed E-state index contributed by atoms with van der Waals surface area (Å²) in [5, 5.41) is 10.6. The zero-order valence-electron chi connectivity index (χ0n) is 8.45. The summed E-state index contributed by atoms with van der Waals surface area (Å²) >= 11 is 5.76. The molecule has 2 rings (SSSR count). The maximum absolute atomic E-state index is 9.89. The van der Waals surface area contributed by atoms with E-state index in [4.69, 9.17) is 11.6 Å². The van der Waals surface area contributed by atoms with Crippen LogP contribution in [0.4, 0.5) is 0 Å². The van der Waals surface area contributed by atoms with E-state index in [0.717, 1.165) is 5.56 Å². The fourth-order valence-electron chi connectivity index (χ4n) is 1.38. The van der Waals surface area contributed by atoms with Gasteiger partial charge in [-0.3, -0.25) is 0 Å². The van der Waals surface area contributed by atoms with Crippen LogP contribution in [0.3, 0.4) is 0 Å². The third kappa shape index (κ3) is 3.23. The molecule has 2 aromatic rings. The van der Waals surface area contributed by atoms with Gasteiger partial charge in [0.05, 0.1) is 19.0 Å². The van der Waals surface area contributed by atoms with E-state index in [0.29, 0.717) is 11.6 Å². The highest BCUT2D eigenvalue weighted by atomic mass is 35.5. The Morgan fingerprint density at radius 1 is 1.31 bits per heavy atom. The molecule has 0 saturated carbocycles. The van der Waals surface area contributed by atoms with Crippen molar-refractivity contribution in [1.29, 1.82) is 0 Å². The largest absolute Gasteiger partial charge is 0.387 e. The summed E-state index contributed by atoms with van der Waals surface area (Å²) in [6.45, 7) is 0.502. The first-order valence-electron chi connectivity index (χ1n) is 4.65. The van der Waals surface area contributed by atoms with Gasteiger partial charge in [-0.1, -0.05) is 23.7 Å². The number of hydrogen-bond acceptors (Lipinski definition) is 2. The lowest BCUT2D eigenvalue weighted by Crippen LogP contribution is -2.06. The quantitative estimate of drug-likeness (QED) is 0.920. The molecular weight excluding hydrogens is 247 g/mol. The first-order valence-corrected chi connectivity index (χ1v) is 5.03. The van der Waals surface area contributed by atoms with Crippen molar-refractivity contribution in [3.63, 3.8) is 0 Å². The van der Waals surface area contributed by atoms with Crippen LogP contribution in [0.25, 0.3) is 0 Å². The van der Waals surface area contributed by atoms with Crippen molar-refractivity contribution in [2.24, 2.45) is 0 Å². The number of nitrogens with zero attached hydrogens (tertiary/aromatic N) is 2. The molecular formula is C11H12Cl2N2O. The highest BCUT2D eigenvalue weighted by molar-refractivity contribution is 6.30. The number of imidazole rings is 1. The van der Waals surface area contributed by atoms with Crippen LogP contribution in [-0.4, -0.2) is 14.7 Å². The van der Waals surface area contributed by atoms with Crippen LogP contribution < -0.4 is 0 Å². The normalized spacial score (nSPS) is 11.9. The second-order valence-corrected chi connectivity index (χ2v) is 3.76. The second-order valence-electron chi connectivity index (χ2n) is 3.33. The molecule has 5 heteroatoms. The topological polar surface area (TPSA) is 38.0 Å². The van der Waals surface area contributed by atoms with E-state index in [-0.39, 0.29) is 12.4 Å². The Morgan fingerprint density at radius 2 is 2.00 bits per heavy atom. The molecule has 0 aliphatic rings. The number of rotatable bonds is 3. The summed E-state index contributed by atoms with van der Waals surface area (Å²) in [6.07, 6.45) is 4.66. The molecule has 1 aromatic carbocycles. The number of halogens is 2. The van der Waals surface area contributed by atoms with Gasteiger partial charge in [0.15, 0.2) is 0 Å². The highest BCUT2D eigenvalue weighted by Gasteiger charge is 2.07. The Labute approximate surface area is 105 Å². The van der Waals surface area contributed by atoms with Gasteiger partial charge in [-0.25, -0.2) is 4.98 Å². The number of aliphatic hydroxyl groups is 1. The molecule has 16 heavy (non-hydrogen) atoms. The Bertz CT molecular complexity index is 414. The number of aliphatic hydroxyl groups excluding tert-OH is 1. The van der Waals surface area contributed by atoms with Crippen molar-refractivity contribution < 1.29 is 5.11 Å². The zero-order chi connectivity index (χ0) is 10.7. The second kappa shape index (κ2) is 5.89. The number of hydrogen-bond donors (Lipinski definition) is 1. The van der Waals surface area contributed by atoms with Crippen LogP contribution in [0.15, 0.2) is 43.0 Å². The van der Waals surface area contributed by atoms with Gasteiger partial charge in [0.1, 0.15) is 0 Å². The van der Waals surface area contributed by atoms with Crippen molar-refractivity contribution in [1.82, 2.24) is 9.55 Å². The average molecular weight is 259 g/mol. The van der Waals surface area contributed by atoms with Crippen molar-refractivity contribution >= 4 is 24.0 Å². The summed E-state index contributed by atoms with van der Waals surface area (Å²) in [5.74, 6) is 0. The van der Waals surface area contributed by atoms with Crippen molar-refractivity contribution in [2.75, 3.05) is 0 Å². The zero-order valence-corrected chi connectivity index (χ0v) is 10.0. The molecule has 1 aromatic heterocycles. The summed E-state index contributed by atoms with van der Waals surface area (Å²) in [4.78, 5) is 3.91. The maximum atomic E-state index is 9.89. The van der Waals surface area contributed by atoms with Crippen LogP contribution in [0.5, 0.6) is 0 Å². The Hall–Kier alpha value is -1.03. The minimum absolute atomic E-state index is 0. The first kappa shape index (κ1) is 13.0. The van der Waals surface area contributed by atoms with E-state index >= 15 is 0 Å². The third-order valence-electron chi connectivity index (χ3n) is 2.20. The van der Waals surface area contributed by atoms with Crippen molar-refractivity contribution in [3.8, 4) is 0 Å². The van der Waals surface area contributed by atoms with E-state index in [9.17, 15) is 5.11 Å². The maximum Gasteiger partial charge on any atom is 0.0969 e. The van der Waals surface area contributed by atoms with Crippen molar-refractivity contribution in [3.05, 3.63) is 53.6 Å². The lowest BCUT2D eigenvalue weighted by molar-refractivity contribution is 0.156. The van der Waals surface area contributed by atoms with Crippen LogP contribution in [0.2, 0.25) is 5.02 Å². The summed E-state index contributed by atoms with van der Waals surface area (Å²) in [5.41, 5.74) is 0.855. The van der Waals surface area contributed by atoms with Gasteiger partial charge in [0, 0.05) is 17.4 Å². The molecule has 86 valence electrons. The molecule has 1 N–H and O–H groups in total. The minimum Gasteiger partial charge on any atom is -0.387 e. The summed E-state index contributed by atoms with van der Waals surface area (Å²) in [6, 6.07) is 7.19. The van der Waals surface area contributed by atoms with Crippen LogP contribution in [-0.2, 0) is 6.54 Å². The fourth-order valence-corrected chi connectivity index (χ4v) is 1.51. The standard InChI is InChI=1S/C11H11ClN2O.ClH/c12-10-3-1-9(2-4-10)11(15)7-14-6-5-13-8-14;/h1-6,8,11,15H,7H2;1H. The SMILES string of the molecule is Cl.OC(Cn1ccnc1)c1ccc(Cl)cc1. The Kier molecular flexibility index (Phi) is 4.80. The smallest absolute Gasteiger partial charge is 0.0969 e. The molecule has 3 nitrogen and oxygen atoms in total. The molecule has 0 saturated heterocycles. The lowest BCUT2D eigenvalue weighted by Gasteiger charge is -2.11. The molecule has 0 bridgehead atoms. The first-order chi connectivity index (χ1) is 7.25. The highest BCUT2D eigenvalue weighted by Crippen LogP contribution is 2.17. The molecule has 0 aliphatic carbocycles. The van der Waals surface area contributed by atoms with Crippen LogP contribution in [0.1, 0.15) is 11.7 Å². The molecule has 1 unspecified atom stereocenters. The van der Waals surface area contributed by atoms with Gasteiger partial charge in [-0.2, -0.15) is 0 Å². The van der Waals surface area contributed by atoms with E-state index in [1.807, 2.05) is 22.9 Å². The molecule has 0 radical (unpaired) electrons. The molecule has 0 spiro atoms.